The molecule has 0 aliphatic carbocycles. The summed E-state index contributed by atoms with van der Waals surface area (Å²) in [5.41, 5.74) is 0. The van der Waals surface area contributed by atoms with Crippen LogP contribution in [0.1, 0.15) is 11.9 Å². The molecule has 0 spiro atoms. The molecule has 18 heavy (non-hydrogen) atoms. The monoisotopic (exact) mass is 354 g/mol. The third kappa shape index (κ3) is 2.77. The Hall–Kier alpha value is -0.0200. The normalized spacial score (nSPS) is 26.4. The van der Waals surface area contributed by atoms with Gasteiger partial charge in [-0.1, -0.05) is 15.9 Å². The summed E-state index contributed by atoms with van der Waals surface area (Å²) in [6.07, 6.45) is 1.34. The number of morpholine rings is 1. The van der Waals surface area contributed by atoms with E-state index in [1.54, 1.807) is 6.92 Å². The third-order valence-electron chi connectivity index (χ3n) is 2.78. The zero-order valence-electron chi connectivity index (χ0n) is 10.2. The molecule has 0 aromatic carbocycles. The van der Waals surface area contributed by atoms with E-state index in [1.165, 1.54) is 21.8 Å². The molecule has 0 N–H and O–H groups in total. The summed E-state index contributed by atoms with van der Waals surface area (Å²) in [7, 11) is -3.44. The zero-order valence-corrected chi connectivity index (χ0v) is 13.4. The number of rotatable bonds is 3. The van der Waals surface area contributed by atoms with E-state index in [0.717, 1.165) is 5.01 Å². The maximum absolute atomic E-state index is 12.5. The Kier molecular flexibility index (Phi) is 4.43. The van der Waals surface area contributed by atoms with Crippen LogP contribution >= 0.6 is 27.3 Å². The number of nitrogens with zero attached hydrogens (tertiary/aromatic N) is 2. The summed E-state index contributed by atoms with van der Waals surface area (Å²) in [6, 6.07) is -0.146. The number of alkyl halides is 1. The number of halogens is 1. The molecule has 0 saturated carbocycles. The van der Waals surface area contributed by atoms with Crippen molar-refractivity contribution in [1.29, 1.82) is 0 Å². The molecular weight excluding hydrogens is 340 g/mol. The molecule has 2 heterocycles. The first kappa shape index (κ1) is 14.4. The largest absolute Gasteiger partial charge is 0.374 e. The SMILES string of the molecule is Cc1ncc(S(=O)(=O)N2CC(CBr)OCC2C)s1. The van der Waals surface area contributed by atoms with Crippen LogP contribution in [0.25, 0.3) is 0 Å². The molecule has 2 unspecified atom stereocenters. The highest BCUT2D eigenvalue weighted by Crippen LogP contribution is 2.26. The average Bonchev–Trinajstić information content (AvgIpc) is 2.77. The van der Waals surface area contributed by atoms with E-state index in [4.69, 9.17) is 4.74 Å². The standard InChI is InChI=1S/C10H15BrN2O3S2/c1-7-6-16-9(3-11)5-13(7)18(14,15)10-4-12-8(2)17-10/h4,7,9H,3,5-6H2,1-2H3. The van der Waals surface area contributed by atoms with Gasteiger partial charge in [0.15, 0.2) is 4.21 Å². The topological polar surface area (TPSA) is 59.5 Å². The molecule has 1 aliphatic heterocycles. The number of hydrogen-bond acceptors (Lipinski definition) is 5. The van der Waals surface area contributed by atoms with Crippen LogP contribution in [0.3, 0.4) is 0 Å². The van der Waals surface area contributed by atoms with Gasteiger partial charge in [0, 0.05) is 17.9 Å². The summed E-state index contributed by atoms with van der Waals surface area (Å²) >= 11 is 4.54. The van der Waals surface area contributed by atoms with E-state index in [-0.39, 0.29) is 12.1 Å². The van der Waals surface area contributed by atoms with Crippen LogP contribution in [0.2, 0.25) is 0 Å². The molecule has 1 aliphatic rings. The van der Waals surface area contributed by atoms with Gasteiger partial charge in [-0.2, -0.15) is 4.31 Å². The van der Waals surface area contributed by atoms with Crippen LogP contribution in [0.4, 0.5) is 0 Å². The lowest BCUT2D eigenvalue weighted by Gasteiger charge is -2.35. The number of ether oxygens (including phenoxy) is 1. The molecule has 0 radical (unpaired) electrons. The second-order valence-electron chi connectivity index (χ2n) is 4.23. The fraction of sp³-hybridized carbons (Fsp3) is 0.700. The quantitative estimate of drug-likeness (QED) is 0.774. The Labute approximate surface area is 119 Å². The third-order valence-corrected chi connectivity index (χ3v) is 6.84. The van der Waals surface area contributed by atoms with E-state index in [2.05, 4.69) is 20.9 Å². The molecule has 0 amide bonds. The van der Waals surface area contributed by atoms with Gasteiger partial charge >= 0.3 is 0 Å². The van der Waals surface area contributed by atoms with Crippen LogP contribution in [-0.2, 0) is 14.8 Å². The lowest BCUT2D eigenvalue weighted by atomic mass is 10.2. The van der Waals surface area contributed by atoms with Gasteiger partial charge in [0.05, 0.1) is 23.9 Å². The second-order valence-corrected chi connectivity index (χ2v) is 8.23. The van der Waals surface area contributed by atoms with Gasteiger partial charge in [-0.3, -0.25) is 0 Å². The molecule has 2 atom stereocenters. The molecular formula is C10H15BrN2O3S2. The molecule has 8 heteroatoms. The Morgan fingerprint density at radius 2 is 2.39 bits per heavy atom. The number of hydrogen-bond donors (Lipinski definition) is 0. The van der Waals surface area contributed by atoms with E-state index in [0.29, 0.717) is 22.7 Å². The smallest absolute Gasteiger partial charge is 0.254 e. The Morgan fingerprint density at radius 3 is 2.94 bits per heavy atom. The first-order chi connectivity index (χ1) is 8.45. The van der Waals surface area contributed by atoms with Crippen molar-refractivity contribution in [3.8, 4) is 0 Å². The van der Waals surface area contributed by atoms with Crippen LogP contribution in [0.15, 0.2) is 10.4 Å². The zero-order chi connectivity index (χ0) is 13.3. The van der Waals surface area contributed by atoms with Gasteiger partial charge in [-0.05, 0) is 13.8 Å². The minimum Gasteiger partial charge on any atom is -0.374 e. The van der Waals surface area contributed by atoms with Crippen molar-refractivity contribution in [3.05, 3.63) is 11.2 Å². The fourth-order valence-corrected chi connectivity index (χ4v) is 5.08. The Balaban J connectivity index is 2.28. The van der Waals surface area contributed by atoms with E-state index in [1.807, 2.05) is 6.92 Å². The summed E-state index contributed by atoms with van der Waals surface area (Å²) in [5, 5.41) is 1.39. The summed E-state index contributed by atoms with van der Waals surface area (Å²) < 4.78 is 32.4. The highest BCUT2D eigenvalue weighted by Gasteiger charge is 2.36. The summed E-state index contributed by atoms with van der Waals surface area (Å²) in [6.45, 7) is 4.46. The first-order valence-electron chi connectivity index (χ1n) is 5.57. The van der Waals surface area contributed by atoms with Crippen LogP contribution in [-0.4, -0.2) is 48.3 Å². The maximum Gasteiger partial charge on any atom is 0.254 e. The molecule has 1 saturated heterocycles. The van der Waals surface area contributed by atoms with Crippen molar-refractivity contribution in [2.45, 2.75) is 30.2 Å². The van der Waals surface area contributed by atoms with E-state index < -0.39 is 10.0 Å². The second kappa shape index (κ2) is 5.54. The summed E-state index contributed by atoms with van der Waals surface area (Å²) in [4.78, 5) is 4.01. The predicted octanol–water partition coefficient (Wildman–Crippen LogP) is 1.62. The minimum absolute atomic E-state index is 0.0926. The maximum atomic E-state index is 12.5. The van der Waals surface area contributed by atoms with Crippen LogP contribution in [0, 0.1) is 6.92 Å². The first-order valence-corrected chi connectivity index (χ1v) is 8.94. The number of aromatic nitrogens is 1. The van der Waals surface area contributed by atoms with Crippen molar-refractivity contribution in [1.82, 2.24) is 9.29 Å². The number of thiazole rings is 1. The van der Waals surface area contributed by atoms with E-state index in [9.17, 15) is 8.42 Å². The van der Waals surface area contributed by atoms with Gasteiger partial charge in [-0.15, -0.1) is 11.3 Å². The van der Waals surface area contributed by atoms with E-state index >= 15 is 0 Å². The van der Waals surface area contributed by atoms with Gasteiger partial charge in [-0.25, -0.2) is 13.4 Å². The lowest BCUT2D eigenvalue weighted by Crippen LogP contribution is -2.51. The number of sulfonamides is 1. The van der Waals surface area contributed by atoms with Crippen LogP contribution < -0.4 is 0 Å². The van der Waals surface area contributed by atoms with Crippen LogP contribution in [0.5, 0.6) is 0 Å². The van der Waals surface area contributed by atoms with Gasteiger partial charge < -0.3 is 4.74 Å². The minimum atomic E-state index is -3.44. The Morgan fingerprint density at radius 1 is 1.67 bits per heavy atom. The average molecular weight is 355 g/mol. The molecule has 5 nitrogen and oxygen atoms in total. The lowest BCUT2D eigenvalue weighted by molar-refractivity contribution is -0.0138. The number of aryl methyl sites for hydroxylation is 1. The van der Waals surface area contributed by atoms with Crippen molar-refractivity contribution < 1.29 is 13.2 Å². The molecule has 1 aromatic rings. The molecule has 0 bridgehead atoms. The fourth-order valence-electron chi connectivity index (χ4n) is 1.80. The highest BCUT2D eigenvalue weighted by atomic mass is 79.9. The molecule has 2 rings (SSSR count). The summed E-state index contributed by atoms with van der Waals surface area (Å²) in [5.74, 6) is 0. The molecule has 1 fully saturated rings. The predicted molar refractivity (Wildman–Crippen MR) is 73.7 cm³/mol. The van der Waals surface area contributed by atoms with Gasteiger partial charge in [0.25, 0.3) is 10.0 Å². The Bertz CT molecular complexity index is 517. The van der Waals surface area contributed by atoms with Gasteiger partial charge in [0.2, 0.25) is 0 Å². The van der Waals surface area contributed by atoms with Crippen molar-refractivity contribution in [2.75, 3.05) is 18.5 Å². The molecule has 1 aromatic heterocycles. The highest BCUT2D eigenvalue weighted by molar-refractivity contribution is 9.09. The molecule has 102 valence electrons. The van der Waals surface area contributed by atoms with Crippen molar-refractivity contribution >= 4 is 37.3 Å². The van der Waals surface area contributed by atoms with Crippen molar-refractivity contribution in [2.24, 2.45) is 0 Å². The van der Waals surface area contributed by atoms with Crippen molar-refractivity contribution in [3.63, 3.8) is 0 Å². The van der Waals surface area contributed by atoms with Gasteiger partial charge in [0.1, 0.15) is 0 Å².